The van der Waals surface area contributed by atoms with Gasteiger partial charge in [-0.1, -0.05) is 12.1 Å². The highest BCUT2D eigenvalue weighted by molar-refractivity contribution is 6.09. The standard InChI is InChI=1S/C17H20N2O5/c1-4-24-16(23)17(2)12-11(14(21)19(3)15(12)22)13(18-17)9-5-7-10(20)8-6-9/h5-8,11-13,18,20H,4H2,1-3H3/t11-,12+,13-,17-/m0/s1. The second-order valence-electron chi connectivity index (χ2n) is 6.38. The topological polar surface area (TPSA) is 95.9 Å². The number of amides is 2. The fourth-order valence-electron chi connectivity index (χ4n) is 3.72. The van der Waals surface area contributed by atoms with Crippen LogP contribution in [0.5, 0.6) is 5.75 Å². The van der Waals surface area contributed by atoms with E-state index in [1.54, 1.807) is 26.0 Å². The summed E-state index contributed by atoms with van der Waals surface area (Å²) < 4.78 is 5.14. The van der Waals surface area contributed by atoms with Crippen molar-refractivity contribution in [3.63, 3.8) is 0 Å². The van der Waals surface area contributed by atoms with Gasteiger partial charge in [-0.05, 0) is 31.5 Å². The number of esters is 1. The molecule has 7 nitrogen and oxygen atoms in total. The summed E-state index contributed by atoms with van der Waals surface area (Å²) in [5, 5.41) is 12.6. The Morgan fingerprint density at radius 1 is 1.29 bits per heavy atom. The minimum atomic E-state index is -1.28. The van der Waals surface area contributed by atoms with Crippen molar-refractivity contribution in [2.24, 2.45) is 11.8 Å². The molecule has 0 aliphatic carbocycles. The third kappa shape index (κ3) is 2.19. The van der Waals surface area contributed by atoms with E-state index in [0.717, 1.165) is 10.5 Å². The molecule has 2 amide bonds. The van der Waals surface area contributed by atoms with Crippen molar-refractivity contribution in [2.75, 3.05) is 13.7 Å². The molecule has 2 aliphatic rings. The predicted molar refractivity (Wildman–Crippen MR) is 83.8 cm³/mol. The zero-order valence-corrected chi connectivity index (χ0v) is 13.8. The van der Waals surface area contributed by atoms with Crippen molar-refractivity contribution in [1.29, 1.82) is 0 Å². The quantitative estimate of drug-likeness (QED) is 0.621. The fourth-order valence-corrected chi connectivity index (χ4v) is 3.72. The molecule has 4 atom stereocenters. The van der Waals surface area contributed by atoms with Crippen LogP contribution in [0.25, 0.3) is 0 Å². The van der Waals surface area contributed by atoms with Gasteiger partial charge >= 0.3 is 5.97 Å². The van der Waals surface area contributed by atoms with E-state index in [-0.39, 0.29) is 24.2 Å². The Morgan fingerprint density at radius 2 is 1.92 bits per heavy atom. The lowest BCUT2D eigenvalue weighted by atomic mass is 9.80. The first-order chi connectivity index (χ1) is 11.3. The zero-order chi connectivity index (χ0) is 17.6. The number of hydrogen-bond acceptors (Lipinski definition) is 6. The van der Waals surface area contributed by atoms with Gasteiger partial charge in [0.1, 0.15) is 11.3 Å². The number of benzene rings is 1. The average Bonchev–Trinajstić information content (AvgIpc) is 2.99. The van der Waals surface area contributed by atoms with E-state index in [4.69, 9.17) is 4.74 Å². The molecule has 2 aliphatic heterocycles. The van der Waals surface area contributed by atoms with Crippen LogP contribution in [0.3, 0.4) is 0 Å². The number of rotatable bonds is 3. The summed E-state index contributed by atoms with van der Waals surface area (Å²) in [5.74, 6) is -2.63. The number of phenols is 1. The predicted octanol–water partition coefficient (Wildman–Crippen LogP) is 0.589. The lowest BCUT2D eigenvalue weighted by molar-refractivity contribution is -0.155. The minimum absolute atomic E-state index is 0.104. The van der Waals surface area contributed by atoms with Crippen LogP contribution in [0.4, 0.5) is 0 Å². The van der Waals surface area contributed by atoms with Crippen molar-refractivity contribution in [3.8, 4) is 5.75 Å². The summed E-state index contributed by atoms with van der Waals surface area (Å²) in [6, 6.07) is 5.87. The molecule has 0 saturated carbocycles. The van der Waals surface area contributed by atoms with Gasteiger partial charge in [0.15, 0.2) is 0 Å². The Balaban J connectivity index is 2.06. The van der Waals surface area contributed by atoms with E-state index in [1.165, 1.54) is 19.2 Å². The van der Waals surface area contributed by atoms with E-state index in [2.05, 4.69) is 5.32 Å². The van der Waals surface area contributed by atoms with Crippen LogP contribution in [0.2, 0.25) is 0 Å². The number of carbonyl (C=O) groups excluding carboxylic acids is 3. The van der Waals surface area contributed by atoms with Crippen LogP contribution in [-0.2, 0) is 19.1 Å². The molecule has 0 aromatic heterocycles. The molecular weight excluding hydrogens is 312 g/mol. The first-order valence-electron chi connectivity index (χ1n) is 7.86. The largest absolute Gasteiger partial charge is 0.508 e. The van der Waals surface area contributed by atoms with E-state index in [1.807, 2.05) is 0 Å². The summed E-state index contributed by atoms with van der Waals surface area (Å²) in [6.45, 7) is 3.49. The number of hydrogen-bond donors (Lipinski definition) is 2. The highest BCUT2D eigenvalue weighted by Crippen LogP contribution is 2.48. The highest BCUT2D eigenvalue weighted by atomic mass is 16.5. The van der Waals surface area contributed by atoms with Crippen LogP contribution in [0, 0.1) is 11.8 Å². The number of aromatic hydroxyl groups is 1. The molecule has 1 aromatic rings. The van der Waals surface area contributed by atoms with Crippen molar-refractivity contribution < 1.29 is 24.2 Å². The first-order valence-corrected chi connectivity index (χ1v) is 7.86. The first kappa shape index (κ1) is 16.4. The summed E-state index contributed by atoms with van der Waals surface area (Å²) in [7, 11) is 1.43. The molecule has 7 heteroatoms. The fraction of sp³-hybridized carbons (Fsp3) is 0.471. The summed E-state index contributed by atoms with van der Waals surface area (Å²) in [5.41, 5.74) is -0.548. The van der Waals surface area contributed by atoms with Gasteiger partial charge in [0.05, 0.1) is 18.4 Å². The molecule has 2 saturated heterocycles. The average molecular weight is 332 g/mol. The Bertz CT molecular complexity index is 701. The summed E-state index contributed by atoms with van der Waals surface area (Å²) in [4.78, 5) is 38.7. The molecule has 2 heterocycles. The van der Waals surface area contributed by atoms with Gasteiger partial charge in [-0.25, -0.2) is 0 Å². The van der Waals surface area contributed by atoms with Gasteiger partial charge in [0.25, 0.3) is 0 Å². The number of carbonyl (C=O) groups is 3. The van der Waals surface area contributed by atoms with E-state index >= 15 is 0 Å². The van der Waals surface area contributed by atoms with Crippen LogP contribution < -0.4 is 5.32 Å². The number of phenolic OH excluding ortho intramolecular Hbond substituents is 1. The maximum atomic E-state index is 12.6. The minimum Gasteiger partial charge on any atom is -0.508 e. The van der Waals surface area contributed by atoms with E-state index in [0.29, 0.717) is 0 Å². The molecule has 0 spiro atoms. The van der Waals surface area contributed by atoms with Crippen LogP contribution in [-0.4, -0.2) is 47.0 Å². The molecule has 128 valence electrons. The maximum absolute atomic E-state index is 12.6. The molecule has 2 fully saturated rings. The highest BCUT2D eigenvalue weighted by Gasteiger charge is 2.66. The monoisotopic (exact) mass is 332 g/mol. The van der Waals surface area contributed by atoms with Crippen molar-refractivity contribution in [2.45, 2.75) is 25.4 Å². The third-order valence-electron chi connectivity index (χ3n) is 4.96. The third-order valence-corrected chi connectivity index (χ3v) is 4.96. The Kier molecular flexibility index (Phi) is 3.83. The van der Waals surface area contributed by atoms with E-state index in [9.17, 15) is 19.5 Å². The number of imide groups is 1. The lowest BCUT2D eigenvalue weighted by Crippen LogP contribution is -2.53. The van der Waals surface area contributed by atoms with Crippen molar-refractivity contribution >= 4 is 17.8 Å². The molecule has 2 N–H and O–H groups in total. The smallest absolute Gasteiger partial charge is 0.326 e. The van der Waals surface area contributed by atoms with Gasteiger partial charge in [-0.15, -0.1) is 0 Å². The molecule has 0 radical (unpaired) electrons. The molecule has 0 bridgehead atoms. The second kappa shape index (κ2) is 5.59. The number of nitrogens with zero attached hydrogens (tertiary/aromatic N) is 1. The van der Waals surface area contributed by atoms with Crippen LogP contribution in [0.1, 0.15) is 25.5 Å². The summed E-state index contributed by atoms with van der Waals surface area (Å²) in [6.07, 6.45) is 0. The molecule has 24 heavy (non-hydrogen) atoms. The number of ether oxygens (including phenoxy) is 1. The van der Waals surface area contributed by atoms with Crippen molar-refractivity contribution in [3.05, 3.63) is 29.8 Å². The van der Waals surface area contributed by atoms with Gasteiger partial charge < -0.3 is 9.84 Å². The van der Waals surface area contributed by atoms with Gasteiger partial charge in [0.2, 0.25) is 11.8 Å². The lowest BCUT2D eigenvalue weighted by Gasteiger charge is -2.28. The van der Waals surface area contributed by atoms with Gasteiger partial charge in [0, 0.05) is 13.1 Å². The van der Waals surface area contributed by atoms with Crippen LogP contribution >= 0.6 is 0 Å². The van der Waals surface area contributed by atoms with Gasteiger partial charge in [-0.3, -0.25) is 24.6 Å². The van der Waals surface area contributed by atoms with Crippen molar-refractivity contribution in [1.82, 2.24) is 10.2 Å². The molecule has 3 rings (SSSR count). The van der Waals surface area contributed by atoms with Gasteiger partial charge in [-0.2, -0.15) is 0 Å². The summed E-state index contributed by atoms with van der Waals surface area (Å²) >= 11 is 0. The Labute approximate surface area is 139 Å². The SMILES string of the molecule is CCOC(=O)[C@@]1(C)N[C@@H](c2ccc(O)cc2)[C@H]2C(=O)N(C)C(=O)[C@@H]21. The number of likely N-dealkylation sites (tertiary alicyclic amines) is 1. The maximum Gasteiger partial charge on any atom is 0.326 e. The number of nitrogens with one attached hydrogen (secondary N) is 1. The zero-order valence-electron chi connectivity index (χ0n) is 13.8. The Morgan fingerprint density at radius 3 is 2.50 bits per heavy atom. The molecule has 0 unspecified atom stereocenters. The van der Waals surface area contributed by atoms with Crippen LogP contribution in [0.15, 0.2) is 24.3 Å². The second-order valence-corrected chi connectivity index (χ2v) is 6.38. The number of fused-ring (bicyclic) bond motifs is 1. The molecule has 1 aromatic carbocycles. The Hall–Kier alpha value is -2.41. The van der Waals surface area contributed by atoms with E-state index < -0.39 is 29.4 Å². The molecular formula is C17H20N2O5. The normalized spacial score (nSPS) is 32.1.